The molecule has 5 nitrogen and oxygen atoms in total. The summed E-state index contributed by atoms with van der Waals surface area (Å²) in [6, 6.07) is 19.3. The Hall–Kier alpha value is -2.92. The maximum absolute atomic E-state index is 12.2. The highest BCUT2D eigenvalue weighted by Gasteiger charge is 2.26. The summed E-state index contributed by atoms with van der Waals surface area (Å²) < 4.78 is 5.66. The SMILES string of the molecule is Cc1ccccc1CN(Cc1nc(C(=O)NC2CC2)co1)C(C)c1ccccc1. The normalized spacial score (nSPS) is 14.7. The molecule has 2 aromatic carbocycles. The van der Waals surface area contributed by atoms with Crippen molar-refractivity contribution in [3.05, 3.63) is 89.1 Å². The van der Waals surface area contributed by atoms with Gasteiger partial charge in [-0.05, 0) is 43.4 Å². The van der Waals surface area contributed by atoms with Gasteiger partial charge in [-0.1, -0.05) is 54.6 Å². The van der Waals surface area contributed by atoms with E-state index in [0.29, 0.717) is 24.2 Å². The van der Waals surface area contributed by atoms with E-state index in [4.69, 9.17) is 4.42 Å². The molecule has 1 saturated carbocycles. The van der Waals surface area contributed by atoms with Crippen molar-refractivity contribution in [3.63, 3.8) is 0 Å². The van der Waals surface area contributed by atoms with Gasteiger partial charge in [0.25, 0.3) is 5.91 Å². The predicted molar refractivity (Wildman–Crippen MR) is 112 cm³/mol. The molecule has 0 radical (unpaired) electrons. The number of benzene rings is 2. The standard InChI is InChI=1S/C24H27N3O2/c1-17-8-6-7-11-20(17)14-27(18(2)19-9-4-3-5-10-19)15-23-26-22(16-29-23)24(28)25-21-12-13-21/h3-11,16,18,21H,12-15H2,1-2H3,(H,25,28). The van der Waals surface area contributed by atoms with Crippen LogP contribution in [-0.4, -0.2) is 21.8 Å². The number of rotatable bonds is 8. The fraction of sp³-hybridized carbons (Fsp3) is 0.333. The van der Waals surface area contributed by atoms with Crippen LogP contribution in [0.5, 0.6) is 0 Å². The molecular formula is C24H27N3O2. The zero-order valence-corrected chi connectivity index (χ0v) is 17.0. The average Bonchev–Trinajstić information content (AvgIpc) is 3.43. The summed E-state index contributed by atoms with van der Waals surface area (Å²) in [4.78, 5) is 19.0. The Morgan fingerprint density at radius 1 is 1.14 bits per heavy atom. The molecule has 1 aliphatic carbocycles. The molecule has 0 saturated heterocycles. The minimum absolute atomic E-state index is 0.149. The lowest BCUT2D eigenvalue weighted by atomic mass is 10.0. The van der Waals surface area contributed by atoms with E-state index in [1.807, 2.05) is 6.07 Å². The summed E-state index contributed by atoms with van der Waals surface area (Å²) in [6.45, 7) is 5.62. The van der Waals surface area contributed by atoms with Gasteiger partial charge in [-0.2, -0.15) is 0 Å². The van der Waals surface area contributed by atoms with E-state index in [1.165, 1.54) is 23.0 Å². The van der Waals surface area contributed by atoms with Crippen LogP contribution >= 0.6 is 0 Å². The van der Waals surface area contributed by atoms with Gasteiger partial charge in [-0.3, -0.25) is 9.69 Å². The van der Waals surface area contributed by atoms with Crippen LogP contribution in [0.25, 0.3) is 0 Å². The van der Waals surface area contributed by atoms with E-state index >= 15 is 0 Å². The molecule has 150 valence electrons. The molecule has 5 heteroatoms. The van der Waals surface area contributed by atoms with Gasteiger partial charge in [0.05, 0.1) is 6.54 Å². The zero-order valence-electron chi connectivity index (χ0n) is 17.0. The molecule has 1 aliphatic rings. The first-order valence-electron chi connectivity index (χ1n) is 10.2. The number of nitrogens with one attached hydrogen (secondary N) is 1. The molecule has 0 aliphatic heterocycles. The van der Waals surface area contributed by atoms with Crippen molar-refractivity contribution < 1.29 is 9.21 Å². The minimum Gasteiger partial charge on any atom is -0.447 e. The van der Waals surface area contributed by atoms with Crippen molar-refractivity contribution >= 4 is 5.91 Å². The maximum Gasteiger partial charge on any atom is 0.273 e. The van der Waals surface area contributed by atoms with E-state index in [2.05, 4.69) is 77.6 Å². The summed E-state index contributed by atoms with van der Waals surface area (Å²) >= 11 is 0. The fourth-order valence-electron chi connectivity index (χ4n) is 3.43. The Labute approximate surface area is 171 Å². The van der Waals surface area contributed by atoms with Gasteiger partial charge < -0.3 is 9.73 Å². The third-order valence-corrected chi connectivity index (χ3v) is 5.50. The topological polar surface area (TPSA) is 58.4 Å². The van der Waals surface area contributed by atoms with Gasteiger partial charge in [0.1, 0.15) is 6.26 Å². The number of amides is 1. The molecule has 1 N–H and O–H groups in total. The highest BCUT2D eigenvalue weighted by atomic mass is 16.3. The second-order valence-electron chi connectivity index (χ2n) is 7.79. The number of aromatic nitrogens is 1. The summed E-state index contributed by atoms with van der Waals surface area (Å²) in [5, 5.41) is 2.96. The maximum atomic E-state index is 12.2. The molecule has 1 amide bonds. The van der Waals surface area contributed by atoms with Gasteiger partial charge in [-0.15, -0.1) is 0 Å². The molecule has 0 spiro atoms. The number of carbonyl (C=O) groups is 1. The van der Waals surface area contributed by atoms with Crippen molar-refractivity contribution in [3.8, 4) is 0 Å². The second-order valence-corrected chi connectivity index (χ2v) is 7.79. The first-order chi connectivity index (χ1) is 14.1. The van der Waals surface area contributed by atoms with Crippen LogP contribution in [0.1, 0.15) is 58.9 Å². The quantitative estimate of drug-likeness (QED) is 0.610. The molecule has 1 atom stereocenters. The van der Waals surface area contributed by atoms with Crippen molar-refractivity contribution in [1.29, 1.82) is 0 Å². The number of hydrogen-bond acceptors (Lipinski definition) is 4. The summed E-state index contributed by atoms with van der Waals surface area (Å²) in [6.07, 6.45) is 3.57. The van der Waals surface area contributed by atoms with Crippen LogP contribution in [0.3, 0.4) is 0 Å². The van der Waals surface area contributed by atoms with E-state index in [1.54, 1.807) is 0 Å². The van der Waals surface area contributed by atoms with Gasteiger partial charge in [0.15, 0.2) is 5.69 Å². The lowest BCUT2D eigenvalue weighted by Crippen LogP contribution is -2.27. The highest BCUT2D eigenvalue weighted by molar-refractivity contribution is 5.92. The van der Waals surface area contributed by atoms with Crippen molar-refractivity contribution in [2.24, 2.45) is 0 Å². The minimum atomic E-state index is -0.149. The van der Waals surface area contributed by atoms with Crippen LogP contribution in [0, 0.1) is 6.92 Å². The van der Waals surface area contributed by atoms with Gasteiger partial charge in [0, 0.05) is 18.6 Å². The number of nitrogens with zero attached hydrogens (tertiary/aromatic N) is 2. The Morgan fingerprint density at radius 3 is 2.59 bits per heavy atom. The van der Waals surface area contributed by atoms with Crippen LogP contribution in [0.2, 0.25) is 0 Å². The van der Waals surface area contributed by atoms with E-state index < -0.39 is 0 Å². The highest BCUT2D eigenvalue weighted by Crippen LogP contribution is 2.25. The lowest BCUT2D eigenvalue weighted by Gasteiger charge is -2.29. The summed E-state index contributed by atoms with van der Waals surface area (Å²) in [7, 11) is 0. The smallest absolute Gasteiger partial charge is 0.273 e. The number of hydrogen-bond donors (Lipinski definition) is 1. The molecule has 4 rings (SSSR count). The second kappa shape index (κ2) is 8.62. The van der Waals surface area contributed by atoms with E-state index in [0.717, 1.165) is 19.4 Å². The Balaban J connectivity index is 1.54. The molecule has 1 aromatic heterocycles. The van der Waals surface area contributed by atoms with Crippen LogP contribution in [-0.2, 0) is 13.1 Å². The van der Waals surface area contributed by atoms with Gasteiger partial charge in [0.2, 0.25) is 5.89 Å². The van der Waals surface area contributed by atoms with Crippen molar-refractivity contribution in [2.75, 3.05) is 0 Å². The molecule has 3 aromatic rings. The van der Waals surface area contributed by atoms with E-state index in [9.17, 15) is 4.79 Å². The van der Waals surface area contributed by atoms with Crippen molar-refractivity contribution in [1.82, 2.24) is 15.2 Å². The Kier molecular flexibility index (Phi) is 5.76. The van der Waals surface area contributed by atoms with Gasteiger partial charge in [-0.25, -0.2) is 4.98 Å². The molecule has 29 heavy (non-hydrogen) atoms. The molecule has 1 unspecified atom stereocenters. The summed E-state index contributed by atoms with van der Waals surface area (Å²) in [5.74, 6) is 0.409. The lowest BCUT2D eigenvalue weighted by molar-refractivity contribution is 0.0946. The molecule has 1 fully saturated rings. The monoisotopic (exact) mass is 389 g/mol. The van der Waals surface area contributed by atoms with Crippen LogP contribution < -0.4 is 5.32 Å². The Morgan fingerprint density at radius 2 is 1.86 bits per heavy atom. The Bertz CT molecular complexity index is 963. The molecule has 1 heterocycles. The molecule has 0 bridgehead atoms. The zero-order chi connectivity index (χ0) is 20.2. The third-order valence-electron chi connectivity index (χ3n) is 5.50. The predicted octanol–water partition coefficient (Wildman–Crippen LogP) is 4.64. The largest absolute Gasteiger partial charge is 0.447 e. The number of oxazole rings is 1. The first kappa shape index (κ1) is 19.4. The first-order valence-corrected chi connectivity index (χ1v) is 10.2. The van der Waals surface area contributed by atoms with E-state index in [-0.39, 0.29) is 11.9 Å². The van der Waals surface area contributed by atoms with Crippen LogP contribution in [0.4, 0.5) is 0 Å². The van der Waals surface area contributed by atoms with Crippen molar-refractivity contribution in [2.45, 2.75) is 51.9 Å². The molecular weight excluding hydrogens is 362 g/mol. The third kappa shape index (κ3) is 4.93. The number of aryl methyl sites for hydroxylation is 1. The summed E-state index contributed by atoms with van der Waals surface area (Å²) in [5.41, 5.74) is 4.12. The van der Waals surface area contributed by atoms with Crippen LogP contribution in [0.15, 0.2) is 65.3 Å². The average molecular weight is 389 g/mol. The fourth-order valence-corrected chi connectivity index (χ4v) is 3.43. The van der Waals surface area contributed by atoms with Gasteiger partial charge >= 0.3 is 0 Å². The number of carbonyl (C=O) groups excluding carboxylic acids is 1.